The fourth-order valence-electron chi connectivity index (χ4n) is 2.05. The van der Waals surface area contributed by atoms with Crippen LogP contribution >= 0.6 is 0 Å². The molecular weight excluding hydrogens is 236 g/mol. The first kappa shape index (κ1) is 13.7. The highest BCUT2D eigenvalue weighted by Gasteiger charge is 2.04. The molecule has 2 heterocycles. The van der Waals surface area contributed by atoms with Gasteiger partial charge in [0.2, 0.25) is 0 Å². The van der Waals surface area contributed by atoms with Crippen LogP contribution in [-0.4, -0.2) is 20.8 Å². The molecule has 0 radical (unpaired) electrons. The van der Waals surface area contributed by atoms with E-state index in [2.05, 4.69) is 35.3 Å². The van der Waals surface area contributed by atoms with E-state index in [4.69, 9.17) is 0 Å². The molecule has 1 N–H and O–H groups in total. The molecule has 2 aromatic rings. The molecule has 0 saturated heterocycles. The van der Waals surface area contributed by atoms with Gasteiger partial charge in [-0.2, -0.15) is 5.10 Å². The second-order valence-electron chi connectivity index (χ2n) is 5.09. The van der Waals surface area contributed by atoms with Crippen LogP contribution in [0.3, 0.4) is 0 Å². The van der Waals surface area contributed by atoms with Crippen LogP contribution in [0.2, 0.25) is 0 Å². The maximum absolute atomic E-state index is 4.35. The molecule has 0 aliphatic heterocycles. The number of rotatable bonds is 6. The maximum atomic E-state index is 4.35. The summed E-state index contributed by atoms with van der Waals surface area (Å²) in [6.07, 6.45) is 6.86. The summed E-state index contributed by atoms with van der Waals surface area (Å²) < 4.78 is 1.97. The fraction of sp³-hybridized carbons (Fsp3) is 0.467. The van der Waals surface area contributed by atoms with Gasteiger partial charge in [-0.3, -0.25) is 9.67 Å². The Kier molecular flexibility index (Phi) is 4.68. The zero-order chi connectivity index (χ0) is 13.7. The molecule has 4 heteroatoms. The third-order valence-electron chi connectivity index (χ3n) is 3.35. The summed E-state index contributed by atoms with van der Waals surface area (Å²) in [7, 11) is 0. The van der Waals surface area contributed by atoms with Crippen molar-refractivity contribution in [3.63, 3.8) is 0 Å². The lowest BCUT2D eigenvalue weighted by Crippen LogP contribution is -2.27. The largest absolute Gasteiger partial charge is 0.310 e. The molecule has 1 atom stereocenters. The minimum atomic E-state index is 0.463. The Bertz CT molecular complexity index is 505. The summed E-state index contributed by atoms with van der Waals surface area (Å²) in [5, 5.41) is 7.75. The van der Waals surface area contributed by atoms with E-state index < -0.39 is 0 Å². The highest BCUT2D eigenvalue weighted by atomic mass is 15.3. The third kappa shape index (κ3) is 4.17. The van der Waals surface area contributed by atoms with Crippen molar-refractivity contribution in [2.24, 2.45) is 0 Å². The Hall–Kier alpha value is -1.68. The van der Waals surface area contributed by atoms with Gasteiger partial charge < -0.3 is 5.32 Å². The summed E-state index contributed by atoms with van der Waals surface area (Å²) in [5.41, 5.74) is 3.66. The van der Waals surface area contributed by atoms with Crippen molar-refractivity contribution in [2.45, 2.75) is 46.3 Å². The van der Waals surface area contributed by atoms with E-state index in [0.717, 1.165) is 25.2 Å². The van der Waals surface area contributed by atoms with E-state index >= 15 is 0 Å². The van der Waals surface area contributed by atoms with Crippen molar-refractivity contribution in [2.75, 3.05) is 0 Å². The summed E-state index contributed by atoms with van der Waals surface area (Å²) in [6.45, 7) is 8.20. The molecule has 4 nitrogen and oxygen atoms in total. The molecular formula is C15H22N4. The predicted molar refractivity (Wildman–Crippen MR) is 76.9 cm³/mol. The van der Waals surface area contributed by atoms with Gasteiger partial charge in [0.05, 0.1) is 0 Å². The molecule has 0 aliphatic carbocycles. The Labute approximate surface area is 114 Å². The van der Waals surface area contributed by atoms with Gasteiger partial charge in [0.25, 0.3) is 0 Å². The first-order chi connectivity index (χ1) is 9.15. The van der Waals surface area contributed by atoms with Crippen molar-refractivity contribution < 1.29 is 0 Å². The average Bonchev–Trinajstić information content (AvgIpc) is 2.88. The van der Waals surface area contributed by atoms with Crippen LogP contribution in [-0.2, 0) is 13.1 Å². The number of nitrogens with one attached hydrogen (secondary N) is 1. The Morgan fingerprint density at radius 3 is 2.89 bits per heavy atom. The molecule has 0 aromatic carbocycles. The van der Waals surface area contributed by atoms with E-state index in [0.29, 0.717) is 6.04 Å². The van der Waals surface area contributed by atoms with Crippen LogP contribution in [0.25, 0.3) is 0 Å². The van der Waals surface area contributed by atoms with Crippen LogP contribution < -0.4 is 5.32 Å². The number of nitrogens with zero attached hydrogens (tertiary/aromatic N) is 3. The van der Waals surface area contributed by atoms with Crippen LogP contribution in [0.15, 0.2) is 30.7 Å². The van der Waals surface area contributed by atoms with E-state index in [-0.39, 0.29) is 0 Å². The maximum Gasteiger partial charge on any atom is 0.0489 e. The Morgan fingerprint density at radius 2 is 2.21 bits per heavy atom. The van der Waals surface area contributed by atoms with Crippen molar-refractivity contribution in [1.29, 1.82) is 0 Å². The smallest absolute Gasteiger partial charge is 0.0489 e. The number of pyridine rings is 1. The molecule has 0 saturated carbocycles. The minimum absolute atomic E-state index is 0.463. The molecule has 0 spiro atoms. The van der Waals surface area contributed by atoms with E-state index in [1.54, 1.807) is 0 Å². The quantitative estimate of drug-likeness (QED) is 0.865. The molecule has 19 heavy (non-hydrogen) atoms. The van der Waals surface area contributed by atoms with Crippen molar-refractivity contribution in [3.8, 4) is 0 Å². The van der Waals surface area contributed by atoms with Crippen LogP contribution in [0.5, 0.6) is 0 Å². The van der Waals surface area contributed by atoms with Gasteiger partial charge in [0.15, 0.2) is 0 Å². The normalized spacial score (nSPS) is 12.6. The second kappa shape index (κ2) is 6.48. The summed E-state index contributed by atoms with van der Waals surface area (Å²) >= 11 is 0. The third-order valence-corrected chi connectivity index (χ3v) is 3.35. The van der Waals surface area contributed by atoms with Crippen LogP contribution in [0, 0.1) is 13.8 Å². The molecule has 0 unspecified atom stereocenters. The highest BCUT2D eigenvalue weighted by molar-refractivity contribution is 5.24. The Morgan fingerprint density at radius 1 is 1.37 bits per heavy atom. The van der Waals surface area contributed by atoms with Crippen molar-refractivity contribution >= 4 is 0 Å². The fourth-order valence-corrected chi connectivity index (χ4v) is 2.05. The average molecular weight is 258 g/mol. The zero-order valence-electron chi connectivity index (χ0n) is 11.9. The van der Waals surface area contributed by atoms with Gasteiger partial charge in [-0.15, -0.1) is 0 Å². The molecule has 2 rings (SSSR count). The SMILES string of the molecule is Cc1cc(C)c(CN[C@@H](C)CCn2cccn2)cn1. The van der Waals surface area contributed by atoms with Crippen LogP contribution in [0.1, 0.15) is 30.2 Å². The second-order valence-corrected chi connectivity index (χ2v) is 5.09. The van der Waals surface area contributed by atoms with Crippen LogP contribution in [0.4, 0.5) is 0 Å². The lowest BCUT2D eigenvalue weighted by atomic mass is 10.1. The van der Waals surface area contributed by atoms with Gasteiger partial charge >= 0.3 is 0 Å². The van der Waals surface area contributed by atoms with E-state index in [1.807, 2.05) is 36.3 Å². The lowest BCUT2D eigenvalue weighted by molar-refractivity contribution is 0.457. The first-order valence-corrected chi connectivity index (χ1v) is 6.78. The standard InChI is InChI=1S/C15H22N4/c1-12-9-14(3)17-11-15(12)10-16-13(2)5-8-19-7-4-6-18-19/h4,6-7,9,11,13,16H,5,8,10H2,1-3H3/t13-/m0/s1. The van der Waals surface area contributed by atoms with Crippen molar-refractivity contribution in [1.82, 2.24) is 20.1 Å². The summed E-state index contributed by atoms with van der Waals surface area (Å²) in [4.78, 5) is 4.35. The molecule has 2 aromatic heterocycles. The molecule has 0 amide bonds. The molecule has 0 fully saturated rings. The predicted octanol–water partition coefficient (Wildman–Crippen LogP) is 2.46. The van der Waals surface area contributed by atoms with Gasteiger partial charge in [-0.1, -0.05) is 0 Å². The number of aryl methyl sites for hydroxylation is 3. The summed E-state index contributed by atoms with van der Waals surface area (Å²) in [5.74, 6) is 0. The van der Waals surface area contributed by atoms with Gasteiger partial charge in [0.1, 0.15) is 0 Å². The number of hydrogen-bond acceptors (Lipinski definition) is 3. The van der Waals surface area contributed by atoms with E-state index in [9.17, 15) is 0 Å². The molecule has 0 aliphatic rings. The van der Waals surface area contributed by atoms with Gasteiger partial charge in [-0.25, -0.2) is 0 Å². The number of aromatic nitrogens is 3. The topological polar surface area (TPSA) is 42.7 Å². The monoisotopic (exact) mass is 258 g/mol. The first-order valence-electron chi connectivity index (χ1n) is 6.78. The van der Waals surface area contributed by atoms with Gasteiger partial charge in [-0.05, 0) is 50.5 Å². The Balaban J connectivity index is 1.78. The summed E-state index contributed by atoms with van der Waals surface area (Å²) in [6, 6.07) is 4.55. The molecule has 0 bridgehead atoms. The number of hydrogen-bond donors (Lipinski definition) is 1. The van der Waals surface area contributed by atoms with E-state index in [1.165, 1.54) is 11.1 Å². The van der Waals surface area contributed by atoms with Gasteiger partial charge in [0, 0.05) is 43.4 Å². The molecule has 102 valence electrons. The zero-order valence-corrected chi connectivity index (χ0v) is 11.9. The van der Waals surface area contributed by atoms with Crippen molar-refractivity contribution in [3.05, 3.63) is 47.5 Å². The highest BCUT2D eigenvalue weighted by Crippen LogP contribution is 2.08. The minimum Gasteiger partial charge on any atom is -0.310 e. The lowest BCUT2D eigenvalue weighted by Gasteiger charge is -2.15.